The molecule has 0 saturated heterocycles. The molecule has 0 heterocycles. The van der Waals surface area contributed by atoms with E-state index in [0.717, 1.165) is 0 Å². The van der Waals surface area contributed by atoms with E-state index < -0.39 is 0 Å². The summed E-state index contributed by atoms with van der Waals surface area (Å²) in [6.07, 6.45) is 1.70. The van der Waals surface area contributed by atoms with Crippen LogP contribution in [-0.4, -0.2) is 31.8 Å². The number of rotatable bonds is 7. The van der Waals surface area contributed by atoms with Crippen LogP contribution in [0.2, 0.25) is 0 Å². The van der Waals surface area contributed by atoms with E-state index in [0.29, 0.717) is 40.1 Å². The number of amides is 1. The van der Waals surface area contributed by atoms with Crippen molar-refractivity contribution in [3.63, 3.8) is 0 Å². The molecule has 0 aliphatic carbocycles. The van der Waals surface area contributed by atoms with E-state index in [1.54, 1.807) is 42.5 Å². The zero-order valence-electron chi connectivity index (χ0n) is 14.7. The van der Waals surface area contributed by atoms with Gasteiger partial charge in [0.25, 0.3) is 5.91 Å². The molecular weight excluding hydrogens is 350 g/mol. The summed E-state index contributed by atoms with van der Waals surface area (Å²) in [5, 5.41) is 9.27. The van der Waals surface area contributed by atoms with Crippen molar-refractivity contribution in [2.75, 3.05) is 31.4 Å². The molecule has 6 nitrogen and oxygen atoms in total. The highest BCUT2D eigenvalue weighted by molar-refractivity contribution is 7.80. The molecule has 0 atom stereocenters. The Balaban J connectivity index is 2.26. The maximum Gasteiger partial charge on any atom is 0.255 e. The molecule has 0 aliphatic rings. The van der Waals surface area contributed by atoms with Crippen LogP contribution < -0.4 is 25.4 Å². The highest BCUT2D eigenvalue weighted by Crippen LogP contribution is 2.36. The maximum absolute atomic E-state index is 12.4. The summed E-state index contributed by atoms with van der Waals surface area (Å²) in [6.45, 7) is 4.17. The molecule has 1 amide bonds. The van der Waals surface area contributed by atoms with Crippen LogP contribution in [0.25, 0.3) is 0 Å². The molecule has 2 aromatic carbocycles. The molecule has 2 aromatic rings. The Hall–Kier alpha value is -3.06. The zero-order valence-corrected chi connectivity index (χ0v) is 15.5. The van der Waals surface area contributed by atoms with Gasteiger partial charge in [0, 0.05) is 24.2 Å². The van der Waals surface area contributed by atoms with Gasteiger partial charge in [-0.25, -0.2) is 0 Å². The first-order valence-electron chi connectivity index (χ1n) is 7.87. The van der Waals surface area contributed by atoms with Crippen molar-refractivity contribution in [1.82, 2.24) is 5.32 Å². The van der Waals surface area contributed by atoms with Crippen LogP contribution in [0.15, 0.2) is 55.1 Å². The first-order valence-corrected chi connectivity index (χ1v) is 8.28. The summed E-state index contributed by atoms with van der Waals surface area (Å²) in [5.41, 5.74) is 1.66. The lowest BCUT2D eigenvalue weighted by Gasteiger charge is -2.17. The number of hydrogen-bond donors (Lipinski definition) is 3. The van der Waals surface area contributed by atoms with E-state index >= 15 is 0 Å². The molecule has 0 saturated carbocycles. The number of methoxy groups -OCH3 is 2. The monoisotopic (exact) mass is 371 g/mol. The average Bonchev–Trinajstić information content (AvgIpc) is 2.67. The van der Waals surface area contributed by atoms with Gasteiger partial charge in [-0.1, -0.05) is 24.3 Å². The van der Waals surface area contributed by atoms with E-state index in [1.807, 2.05) is 6.07 Å². The van der Waals surface area contributed by atoms with E-state index in [1.165, 1.54) is 14.2 Å². The third kappa shape index (κ3) is 4.97. The standard InChI is InChI=1S/C19H21N3O3S/c1-4-10-20-19(26)22-15-12-16(24-2)14(11-17(15)25-3)21-18(23)13-8-6-5-7-9-13/h4-9,11-12H,1,10H2,2-3H3,(H,21,23)(H2,20,22,26). The summed E-state index contributed by atoms with van der Waals surface area (Å²) in [5.74, 6) is 0.746. The SMILES string of the molecule is C=CCNC(=S)Nc1cc(OC)c(NC(=O)c2ccccc2)cc1OC. The largest absolute Gasteiger partial charge is 0.494 e. The highest BCUT2D eigenvalue weighted by atomic mass is 32.1. The third-order valence-corrected chi connectivity index (χ3v) is 3.71. The number of hydrogen-bond acceptors (Lipinski definition) is 4. The maximum atomic E-state index is 12.4. The third-order valence-electron chi connectivity index (χ3n) is 3.46. The van der Waals surface area contributed by atoms with Crippen molar-refractivity contribution in [2.24, 2.45) is 0 Å². The second-order valence-corrected chi connectivity index (χ2v) is 5.60. The smallest absolute Gasteiger partial charge is 0.255 e. The number of thiocarbonyl (C=S) groups is 1. The fraction of sp³-hybridized carbons (Fsp3) is 0.158. The Bertz CT molecular complexity index is 794. The van der Waals surface area contributed by atoms with E-state index in [-0.39, 0.29) is 5.91 Å². The minimum Gasteiger partial charge on any atom is -0.494 e. The second-order valence-electron chi connectivity index (χ2n) is 5.20. The molecule has 0 radical (unpaired) electrons. The van der Waals surface area contributed by atoms with Crippen LogP contribution in [0.3, 0.4) is 0 Å². The Kier molecular flexibility index (Phi) is 6.99. The summed E-state index contributed by atoms with van der Waals surface area (Å²) in [7, 11) is 3.06. The van der Waals surface area contributed by atoms with Crippen LogP contribution in [-0.2, 0) is 0 Å². The Morgan fingerprint density at radius 3 is 2.19 bits per heavy atom. The summed E-state index contributed by atoms with van der Waals surface area (Å²) in [4.78, 5) is 12.4. The van der Waals surface area contributed by atoms with Crippen molar-refractivity contribution in [1.29, 1.82) is 0 Å². The van der Waals surface area contributed by atoms with Gasteiger partial charge in [0.2, 0.25) is 0 Å². The van der Waals surface area contributed by atoms with E-state index in [9.17, 15) is 4.79 Å². The van der Waals surface area contributed by atoms with Gasteiger partial charge in [-0.3, -0.25) is 4.79 Å². The molecule has 0 spiro atoms. The van der Waals surface area contributed by atoms with Crippen LogP contribution in [0.1, 0.15) is 10.4 Å². The van der Waals surface area contributed by atoms with E-state index in [4.69, 9.17) is 21.7 Å². The molecule has 26 heavy (non-hydrogen) atoms. The number of anilines is 2. The second kappa shape index (κ2) is 9.43. The molecule has 2 rings (SSSR count). The summed E-state index contributed by atoms with van der Waals surface area (Å²) < 4.78 is 10.8. The highest BCUT2D eigenvalue weighted by Gasteiger charge is 2.15. The lowest BCUT2D eigenvalue weighted by molar-refractivity contribution is 0.102. The lowest BCUT2D eigenvalue weighted by Crippen LogP contribution is -2.28. The van der Waals surface area contributed by atoms with Gasteiger partial charge in [-0.05, 0) is 24.4 Å². The van der Waals surface area contributed by atoms with Gasteiger partial charge in [0.15, 0.2) is 5.11 Å². The first kappa shape index (κ1) is 19.3. The molecule has 0 aromatic heterocycles. The van der Waals surface area contributed by atoms with Gasteiger partial charge in [-0.2, -0.15) is 0 Å². The quantitative estimate of drug-likeness (QED) is 0.512. The topological polar surface area (TPSA) is 71.6 Å². The van der Waals surface area contributed by atoms with Gasteiger partial charge >= 0.3 is 0 Å². The number of benzene rings is 2. The van der Waals surface area contributed by atoms with Crippen LogP contribution in [0.5, 0.6) is 11.5 Å². The normalized spacial score (nSPS) is 9.77. The number of ether oxygens (including phenoxy) is 2. The Morgan fingerprint density at radius 1 is 1.08 bits per heavy atom. The molecule has 136 valence electrons. The minimum absolute atomic E-state index is 0.241. The number of carbonyl (C=O) groups is 1. The van der Waals surface area contributed by atoms with Crippen LogP contribution in [0, 0.1) is 0 Å². The van der Waals surface area contributed by atoms with Crippen LogP contribution in [0.4, 0.5) is 11.4 Å². The van der Waals surface area contributed by atoms with Gasteiger partial charge in [0.05, 0.1) is 25.6 Å². The molecule has 7 heteroatoms. The van der Waals surface area contributed by atoms with Crippen molar-refractivity contribution in [3.05, 3.63) is 60.7 Å². The predicted octanol–water partition coefficient (Wildman–Crippen LogP) is 3.43. The minimum atomic E-state index is -0.241. The molecule has 0 unspecified atom stereocenters. The van der Waals surface area contributed by atoms with Crippen molar-refractivity contribution < 1.29 is 14.3 Å². The average molecular weight is 371 g/mol. The van der Waals surface area contributed by atoms with E-state index in [2.05, 4.69) is 22.5 Å². The lowest BCUT2D eigenvalue weighted by atomic mass is 10.2. The van der Waals surface area contributed by atoms with Gasteiger partial charge in [0.1, 0.15) is 11.5 Å². The zero-order chi connectivity index (χ0) is 18.9. The predicted molar refractivity (Wildman–Crippen MR) is 108 cm³/mol. The first-order chi connectivity index (χ1) is 12.6. The van der Waals surface area contributed by atoms with Crippen LogP contribution >= 0.6 is 12.2 Å². The molecule has 0 aliphatic heterocycles. The fourth-order valence-electron chi connectivity index (χ4n) is 2.21. The molecule has 3 N–H and O–H groups in total. The Labute approximate surface area is 158 Å². The number of carbonyl (C=O) groups excluding carboxylic acids is 1. The molecule has 0 fully saturated rings. The summed E-state index contributed by atoms with van der Waals surface area (Å²) >= 11 is 5.22. The molecular formula is C19H21N3O3S. The molecule has 0 bridgehead atoms. The van der Waals surface area contributed by atoms with Crippen molar-refractivity contribution in [3.8, 4) is 11.5 Å². The van der Waals surface area contributed by atoms with Gasteiger partial charge in [-0.15, -0.1) is 6.58 Å². The fourth-order valence-corrected chi connectivity index (χ4v) is 2.40. The Morgan fingerprint density at radius 2 is 1.65 bits per heavy atom. The number of nitrogens with one attached hydrogen (secondary N) is 3. The summed E-state index contributed by atoms with van der Waals surface area (Å²) in [6, 6.07) is 12.3. The van der Waals surface area contributed by atoms with Crippen molar-refractivity contribution >= 4 is 34.6 Å². The van der Waals surface area contributed by atoms with Crippen molar-refractivity contribution in [2.45, 2.75) is 0 Å². The van der Waals surface area contributed by atoms with Gasteiger partial charge < -0.3 is 25.4 Å².